The summed E-state index contributed by atoms with van der Waals surface area (Å²) in [7, 11) is 0. The van der Waals surface area contributed by atoms with Crippen LogP contribution in [0.5, 0.6) is 0 Å². The molecule has 7 nitrogen and oxygen atoms in total. The highest BCUT2D eigenvalue weighted by Crippen LogP contribution is 2.35. The van der Waals surface area contributed by atoms with Crippen molar-refractivity contribution < 1.29 is 19.2 Å². The van der Waals surface area contributed by atoms with Crippen molar-refractivity contribution >= 4 is 35.2 Å². The fraction of sp³-hybridized carbons (Fsp3) is 0.538. The van der Waals surface area contributed by atoms with Gasteiger partial charge in [-0.1, -0.05) is 54.8 Å². The molecule has 1 heterocycles. The minimum absolute atomic E-state index is 0.0273. The van der Waals surface area contributed by atoms with Crippen LogP contribution in [0, 0.1) is 11.8 Å². The van der Waals surface area contributed by atoms with E-state index in [1.54, 1.807) is 13.0 Å². The molecule has 0 unspecified atom stereocenters. The van der Waals surface area contributed by atoms with Gasteiger partial charge in [-0.25, -0.2) is 0 Å². The Kier molecular flexibility index (Phi) is 7.71. The molecule has 0 spiro atoms. The van der Waals surface area contributed by atoms with Crippen LogP contribution in [0.1, 0.15) is 57.4 Å². The van der Waals surface area contributed by atoms with E-state index in [9.17, 15) is 19.2 Å². The SMILES string of the molecule is C[C@H](C(=O)NC1CCCC1)N(Cc1ccccc1Cl)C(=O)CCN1C(=O)[C@H]2CC=CC[C@H]2C1=O. The summed E-state index contributed by atoms with van der Waals surface area (Å²) in [6.45, 7) is 1.92. The first kappa shape index (κ1) is 24.5. The van der Waals surface area contributed by atoms with E-state index in [4.69, 9.17) is 11.6 Å². The maximum Gasteiger partial charge on any atom is 0.242 e. The number of amides is 4. The molecule has 1 saturated heterocycles. The molecule has 1 aromatic carbocycles. The van der Waals surface area contributed by atoms with Crippen molar-refractivity contribution in [2.24, 2.45) is 11.8 Å². The van der Waals surface area contributed by atoms with Crippen molar-refractivity contribution in [1.82, 2.24) is 15.1 Å². The number of allylic oxidation sites excluding steroid dienone is 2. The van der Waals surface area contributed by atoms with E-state index in [0.29, 0.717) is 17.9 Å². The highest BCUT2D eigenvalue weighted by molar-refractivity contribution is 6.31. The van der Waals surface area contributed by atoms with Gasteiger partial charge < -0.3 is 10.2 Å². The van der Waals surface area contributed by atoms with Crippen LogP contribution in [0.15, 0.2) is 36.4 Å². The fourth-order valence-corrected chi connectivity index (χ4v) is 5.42. The second-order valence-corrected chi connectivity index (χ2v) is 9.92. The van der Waals surface area contributed by atoms with Gasteiger partial charge in [-0.05, 0) is 44.2 Å². The summed E-state index contributed by atoms with van der Waals surface area (Å²) in [6.07, 6.45) is 9.08. The maximum absolute atomic E-state index is 13.4. The van der Waals surface area contributed by atoms with Gasteiger partial charge in [0.2, 0.25) is 23.6 Å². The number of nitrogens with one attached hydrogen (secondary N) is 1. The predicted molar refractivity (Wildman–Crippen MR) is 129 cm³/mol. The summed E-state index contributed by atoms with van der Waals surface area (Å²) in [5, 5.41) is 3.59. The molecule has 1 aliphatic heterocycles. The van der Waals surface area contributed by atoms with Crippen LogP contribution in [0.4, 0.5) is 0 Å². The van der Waals surface area contributed by atoms with E-state index in [0.717, 1.165) is 31.2 Å². The molecule has 0 aromatic heterocycles. The molecule has 2 fully saturated rings. The van der Waals surface area contributed by atoms with Gasteiger partial charge >= 0.3 is 0 Å². The number of hydrogen-bond acceptors (Lipinski definition) is 4. The summed E-state index contributed by atoms with van der Waals surface area (Å²) >= 11 is 6.34. The van der Waals surface area contributed by atoms with Gasteiger partial charge in [-0.2, -0.15) is 0 Å². The van der Waals surface area contributed by atoms with E-state index >= 15 is 0 Å². The zero-order chi connectivity index (χ0) is 24.2. The van der Waals surface area contributed by atoms with Crippen LogP contribution >= 0.6 is 11.6 Å². The molecule has 1 aromatic rings. The number of fused-ring (bicyclic) bond motifs is 1. The molecule has 8 heteroatoms. The van der Waals surface area contributed by atoms with E-state index in [-0.39, 0.29) is 61.0 Å². The van der Waals surface area contributed by atoms with E-state index in [2.05, 4.69) is 5.32 Å². The standard InChI is InChI=1S/C26H32ClN3O4/c1-17(24(32)28-19-9-3-4-10-19)30(16-18-8-2-7-13-22(18)27)23(31)14-15-29-25(33)20-11-5-6-12-21(20)26(29)34/h2,5-8,13,17,19-21H,3-4,9-12,14-16H2,1H3,(H,28,32)/t17-,20-,21+/m1/s1. The van der Waals surface area contributed by atoms with Gasteiger partial charge in [0.05, 0.1) is 11.8 Å². The Morgan fingerprint density at radius 3 is 2.32 bits per heavy atom. The number of benzene rings is 1. The molecule has 1 N–H and O–H groups in total. The van der Waals surface area contributed by atoms with Crippen molar-refractivity contribution in [3.63, 3.8) is 0 Å². The van der Waals surface area contributed by atoms with Gasteiger partial charge in [0, 0.05) is 30.6 Å². The first-order valence-electron chi connectivity index (χ1n) is 12.2. The topological polar surface area (TPSA) is 86.8 Å². The van der Waals surface area contributed by atoms with Crippen molar-refractivity contribution in [2.75, 3.05) is 6.54 Å². The lowest BCUT2D eigenvalue weighted by atomic mass is 9.85. The molecule has 0 bridgehead atoms. The minimum Gasteiger partial charge on any atom is -0.352 e. The molecule has 3 atom stereocenters. The molecule has 4 amide bonds. The number of rotatable bonds is 8. The summed E-state index contributed by atoms with van der Waals surface area (Å²) in [5.74, 6) is -1.51. The first-order valence-corrected chi connectivity index (χ1v) is 12.6. The van der Waals surface area contributed by atoms with Crippen LogP contribution in [0.3, 0.4) is 0 Å². The maximum atomic E-state index is 13.4. The second-order valence-electron chi connectivity index (χ2n) is 9.51. The molecular weight excluding hydrogens is 454 g/mol. The molecule has 0 radical (unpaired) electrons. The molecular formula is C26H32ClN3O4. The van der Waals surface area contributed by atoms with Crippen molar-refractivity contribution in [2.45, 2.75) is 70.5 Å². The first-order chi connectivity index (χ1) is 16.4. The van der Waals surface area contributed by atoms with Gasteiger partial charge in [0.25, 0.3) is 0 Å². The lowest BCUT2D eigenvalue weighted by Gasteiger charge is -2.30. The summed E-state index contributed by atoms with van der Waals surface area (Å²) in [6, 6.07) is 6.66. The Bertz CT molecular complexity index is 962. The van der Waals surface area contributed by atoms with Crippen molar-refractivity contribution in [1.29, 1.82) is 0 Å². The van der Waals surface area contributed by atoms with Gasteiger partial charge in [-0.3, -0.25) is 24.1 Å². The third-order valence-electron chi connectivity index (χ3n) is 7.32. The average Bonchev–Trinajstić information content (AvgIpc) is 3.43. The monoisotopic (exact) mass is 485 g/mol. The molecule has 34 heavy (non-hydrogen) atoms. The van der Waals surface area contributed by atoms with Gasteiger partial charge in [0.1, 0.15) is 6.04 Å². The Balaban J connectivity index is 1.45. The number of carbonyl (C=O) groups is 4. The molecule has 4 rings (SSSR count). The molecule has 2 aliphatic carbocycles. The number of nitrogens with zero attached hydrogens (tertiary/aromatic N) is 2. The molecule has 3 aliphatic rings. The Labute approximate surface area is 205 Å². The summed E-state index contributed by atoms with van der Waals surface area (Å²) in [5.41, 5.74) is 0.739. The number of carbonyl (C=O) groups excluding carboxylic acids is 4. The van der Waals surface area contributed by atoms with Gasteiger partial charge in [-0.15, -0.1) is 0 Å². The quantitative estimate of drug-likeness (QED) is 0.451. The lowest BCUT2D eigenvalue weighted by molar-refractivity contribution is -0.144. The number of imide groups is 1. The number of likely N-dealkylation sites (tertiary alicyclic amines) is 1. The third kappa shape index (κ3) is 5.19. The number of halogens is 1. The molecule has 182 valence electrons. The predicted octanol–water partition coefficient (Wildman–Crippen LogP) is 3.46. The zero-order valence-electron chi connectivity index (χ0n) is 19.5. The highest BCUT2D eigenvalue weighted by atomic mass is 35.5. The largest absolute Gasteiger partial charge is 0.352 e. The smallest absolute Gasteiger partial charge is 0.242 e. The van der Waals surface area contributed by atoms with Crippen LogP contribution in [-0.2, 0) is 25.7 Å². The average molecular weight is 486 g/mol. The summed E-state index contributed by atoms with van der Waals surface area (Å²) < 4.78 is 0. The van der Waals surface area contributed by atoms with Crippen molar-refractivity contribution in [3.8, 4) is 0 Å². The second kappa shape index (κ2) is 10.7. The fourth-order valence-electron chi connectivity index (χ4n) is 5.23. The van der Waals surface area contributed by atoms with Crippen LogP contribution < -0.4 is 5.32 Å². The minimum atomic E-state index is -0.707. The van der Waals surface area contributed by atoms with Crippen LogP contribution in [0.25, 0.3) is 0 Å². The van der Waals surface area contributed by atoms with Crippen molar-refractivity contribution in [3.05, 3.63) is 47.0 Å². The van der Waals surface area contributed by atoms with Crippen LogP contribution in [0.2, 0.25) is 5.02 Å². The highest BCUT2D eigenvalue weighted by Gasteiger charge is 2.47. The third-order valence-corrected chi connectivity index (χ3v) is 7.68. The Morgan fingerprint density at radius 1 is 1.09 bits per heavy atom. The zero-order valence-corrected chi connectivity index (χ0v) is 20.3. The Hall–Kier alpha value is -2.67. The molecule has 1 saturated carbocycles. The van der Waals surface area contributed by atoms with Gasteiger partial charge in [0.15, 0.2) is 0 Å². The van der Waals surface area contributed by atoms with E-state index in [1.807, 2.05) is 30.4 Å². The Morgan fingerprint density at radius 2 is 1.71 bits per heavy atom. The van der Waals surface area contributed by atoms with E-state index < -0.39 is 6.04 Å². The summed E-state index contributed by atoms with van der Waals surface area (Å²) in [4.78, 5) is 54.6. The number of hydrogen-bond donors (Lipinski definition) is 1. The van der Waals surface area contributed by atoms with Crippen LogP contribution in [-0.4, -0.2) is 52.1 Å². The van der Waals surface area contributed by atoms with E-state index in [1.165, 1.54) is 9.80 Å². The lowest BCUT2D eigenvalue weighted by Crippen LogP contribution is -2.50. The normalized spacial score (nSPS) is 23.2.